The van der Waals surface area contributed by atoms with Gasteiger partial charge >= 0.3 is 0 Å². The highest BCUT2D eigenvalue weighted by atomic mass is 32.2. The molecule has 0 unspecified atom stereocenters. The number of thioether (sulfide) groups is 1. The number of aromatic nitrogens is 2. The summed E-state index contributed by atoms with van der Waals surface area (Å²) in [6.07, 6.45) is 0. The third-order valence-corrected chi connectivity index (χ3v) is 10.1. The molecule has 2 aliphatic heterocycles. The van der Waals surface area contributed by atoms with Gasteiger partial charge in [0.05, 0.1) is 36.6 Å². The molecule has 2 aliphatic rings. The van der Waals surface area contributed by atoms with Gasteiger partial charge in [0.15, 0.2) is 11.5 Å². The summed E-state index contributed by atoms with van der Waals surface area (Å²) in [4.78, 5) is 45.1. The topological polar surface area (TPSA) is 97.2 Å². The molecule has 0 saturated carbocycles. The van der Waals surface area contributed by atoms with Crippen LogP contribution < -0.4 is 14.4 Å². The zero-order valence-electron chi connectivity index (χ0n) is 27.4. The minimum Gasteiger partial charge on any atom is -0.493 e. The van der Waals surface area contributed by atoms with Crippen LogP contribution in [0.3, 0.4) is 0 Å². The molecule has 0 radical (unpaired) electrons. The maximum atomic E-state index is 14.2. The van der Waals surface area contributed by atoms with Crippen molar-refractivity contribution < 1.29 is 23.9 Å². The van der Waals surface area contributed by atoms with Gasteiger partial charge in [-0.3, -0.25) is 19.3 Å². The Bertz CT molecular complexity index is 1820. The van der Waals surface area contributed by atoms with Gasteiger partial charge in [0.2, 0.25) is 17.7 Å². The summed E-state index contributed by atoms with van der Waals surface area (Å²) in [6.45, 7) is 7.24. The second-order valence-electron chi connectivity index (χ2n) is 11.8. The molecule has 6 rings (SSSR count). The van der Waals surface area contributed by atoms with Crippen LogP contribution in [-0.2, 0) is 14.4 Å². The van der Waals surface area contributed by atoms with Crippen LogP contribution in [0.15, 0.2) is 66.7 Å². The Balaban J connectivity index is 1.55. The van der Waals surface area contributed by atoms with Crippen LogP contribution in [0.4, 0.5) is 5.82 Å². The SMILES string of the molecule is COc1ccc([C@H]2SCC(=O)N(CC(=O)N3CCN(C(C)=O)CC3)c3c2c(-c2ccccc2)nn3-c2ccc(C)cc2C)cc1OC. The lowest BCUT2D eigenvalue weighted by atomic mass is 9.99. The van der Waals surface area contributed by atoms with E-state index in [1.807, 2.05) is 79.2 Å². The number of rotatable bonds is 7. The minimum atomic E-state index is -0.317. The maximum absolute atomic E-state index is 14.2. The highest BCUT2D eigenvalue weighted by Gasteiger charge is 2.39. The van der Waals surface area contributed by atoms with Gasteiger partial charge < -0.3 is 19.3 Å². The molecule has 1 saturated heterocycles. The Labute approximate surface area is 279 Å². The average Bonchev–Trinajstić information content (AvgIpc) is 3.40. The standard InChI is InChI=1S/C36H39N5O5S/c1-23-11-13-28(24(2)19-23)41-36-33(34(37-41)26-9-7-6-8-10-26)35(27-12-14-29(45-4)30(20-27)46-5)47-22-32(44)40(36)21-31(43)39-17-15-38(16-18-39)25(3)42/h6-14,19-20,35H,15-18,21-22H2,1-5H3/t35-/m1/s1. The first-order chi connectivity index (χ1) is 22.7. The first-order valence-corrected chi connectivity index (χ1v) is 16.7. The number of ether oxygens (including phenoxy) is 2. The Morgan fingerprint density at radius 1 is 0.894 bits per heavy atom. The van der Waals surface area contributed by atoms with Gasteiger partial charge in [-0.2, -0.15) is 5.10 Å². The summed E-state index contributed by atoms with van der Waals surface area (Å²) >= 11 is 1.50. The summed E-state index contributed by atoms with van der Waals surface area (Å²) in [5.41, 5.74) is 6.33. The van der Waals surface area contributed by atoms with Gasteiger partial charge in [-0.25, -0.2) is 4.68 Å². The highest BCUT2D eigenvalue weighted by Crippen LogP contribution is 2.49. The van der Waals surface area contributed by atoms with Crippen molar-refractivity contribution in [2.75, 3.05) is 57.6 Å². The fraction of sp³-hybridized carbons (Fsp3) is 0.333. The molecular weight excluding hydrogens is 614 g/mol. The molecule has 11 heteroatoms. The molecule has 0 bridgehead atoms. The van der Waals surface area contributed by atoms with Crippen molar-refractivity contribution in [2.45, 2.75) is 26.0 Å². The van der Waals surface area contributed by atoms with Gasteiger partial charge in [-0.05, 0) is 43.2 Å². The van der Waals surface area contributed by atoms with Crippen molar-refractivity contribution in [3.8, 4) is 28.4 Å². The van der Waals surface area contributed by atoms with Crippen LogP contribution >= 0.6 is 11.8 Å². The van der Waals surface area contributed by atoms with Crippen molar-refractivity contribution >= 4 is 35.3 Å². The first kappa shape index (κ1) is 32.2. The molecule has 4 aromatic rings. The highest BCUT2D eigenvalue weighted by molar-refractivity contribution is 8.00. The smallest absolute Gasteiger partial charge is 0.242 e. The lowest BCUT2D eigenvalue weighted by Crippen LogP contribution is -2.53. The van der Waals surface area contributed by atoms with Gasteiger partial charge in [0.1, 0.15) is 12.4 Å². The molecule has 3 aromatic carbocycles. The van der Waals surface area contributed by atoms with Gasteiger partial charge in [-0.15, -0.1) is 11.8 Å². The molecule has 3 heterocycles. The van der Waals surface area contributed by atoms with E-state index in [0.717, 1.165) is 39.2 Å². The fourth-order valence-electron chi connectivity index (χ4n) is 6.32. The number of aryl methyl sites for hydroxylation is 2. The quantitative estimate of drug-likeness (QED) is 0.276. The first-order valence-electron chi connectivity index (χ1n) is 15.6. The molecular formula is C36H39N5O5S. The van der Waals surface area contributed by atoms with Gasteiger partial charge in [0.25, 0.3) is 0 Å². The third kappa shape index (κ3) is 6.32. The maximum Gasteiger partial charge on any atom is 0.242 e. The molecule has 0 spiro atoms. The number of benzene rings is 3. The number of hydrogen-bond donors (Lipinski definition) is 0. The third-order valence-electron chi connectivity index (χ3n) is 8.80. The Kier molecular flexibility index (Phi) is 9.26. The Hall–Kier alpha value is -4.77. The second kappa shape index (κ2) is 13.5. The molecule has 244 valence electrons. The van der Waals surface area contributed by atoms with Gasteiger partial charge in [-0.1, -0.05) is 54.1 Å². The van der Waals surface area contributed by atoms with Crippen molar-refractivity contribution in [3.63, 3.8) is 0 Å². The van der Waals surface area contributed by atoms with Gasteiger partial charge in [0, 0.05) is 44.2 Å². The number of anilines is 1. The average molecular weight is 654 g/mol. The van der Waals surface area contributed by atoms with Crippen LogP contribution in [0.2, 0.25) is 0 Å². The lowest BCUT2D eigenvalue weighted by molar-refractivity contribution is -0.137. The molecule has 3 amide bonds. The van der Waals surface area contributed by atoms with Crippen LogP contribution in [0.5, 0.6) is 11.5 Å². The number of hydrogen-bond acceptors (Lipinski definition) is 7. The van der Waals surface area contributed by atoms with Crippen molar-refractivity contribution in [2.24, 2.45) is 0 Å². The minimum absolute atomic E-state index is 0.00604. The predicted molar refractivity (Wildman–Crippen MR) is 184 cm³/mol. The van der Waals surface area contributed by atoms with Crippen molar-refractivity contribution in [1.82, 2.24) is 19.6 Å². The molecule has 47 heavy (non-hydrogen) atoms. The zero-order chi connectivity index (χ0) is 33.2. The largest absolute Gasteiger partial charge is 0.493 e. The summed E-state index contributed by atoms with van der Waals surface area (Å²) in [7, 11) is 3.21. The van der Waals surface area contributed by atoms with Crippen LogP contribution in [0.1, 0.15) is 34.4 Å². The molecule has 1 atom stereocenters. The number of piperazine rings is 1. The van der Waals surface area contributed by atoms with E-state index in [0.29, 0.717) is 43.5 Å². The summed E-state index contributed by atoms with van der Waals surface area (Å²) in [5, 5.41) is 4.92. The number of carbonyl (C=O) groups excluding carboxylic acids is 3. The zero-order valence-corrected chi connectivity index (χ0v) is 28.2. The summed E-state index contributed by atoms with van der Waals surface area (Å²) < 4.78 is 13.0. The number of methoxy groups -OCH3 is 2. The lowest BCUT2D eigenvalue weighted by Gasteiger charge is -2.35. The van der Waals surface area contributed by atoms with E-state index < -0.39 is 0 Å². The van der Waals surface area contributed by atoms with Crippen LogP contribution in [0.25, 0.3) is 16.9 Å². The fourth-order valence-corrected chi connectivity index (χ4v) is 7.51. The van der Waals surface area contributed by atoms with Crippen molar-refractivity contribution in [1.29, 1.82) is 0 Å². The predicted octanol–water partition coefficient (Wildman–Crippen LogP) is 5.03. The van der Waals surface area contributed by atoms with E-state index in [4.69, 9.17) is 14.6 Å². The summed E-state index contributed by atoms with van der Waals surface area (Å²) in [5.74, 6) is 1.56. The van der Waals surface area contributed by atoms with Crippen molar-refractivity contribution in [3.05, 3.63) is 89.0 Å². The van der Waals surface area contributed by atoms with E-state index >= 15 is 0 Å². The Morgan fingerprint density at radius 2 is 1.60 bits per heavy atom. The molecule has 1 fully saturated rings. The molecule has 0 N–H and O–H groups in total. The van der Waals surface area contributed by atoms with E-state index in [-0.39, 0.29) is 35.3 Å². The number of fused-ring (bicyclic) bond motifs is 1. The molecule has 1 aromatic heterocycles. The monoisotopic (exact) mass is 653 g/mol. The van der Waals surface area contributed by atoms with E-state index in [2.05, 4.69) is 6.07 Å². The van der Waals surface area contributed by atoms with E-state index in [1.54, 1.807) is 35.8 Å². The molecule has 10 nitrogen and oxygen atoms in total. The van der Waals surface area contributed by atoms with E-state index in [1.165, 1.54) is 11.8 Å². The number of nitrogens with zero attached hydrogens (tertiary/aromatic N) is 5. The number of amides is 3. The summed E-state index contributed by atoms with van der Waals surface area (Å²) in [6, 6.07) is 21.9. The molecule has 0 aliphatic carbocycles. The normalized spacial score (nSPS) is 16.5. The van der Waals surface area contributed by atoms with Crippen LogP contribution in [0, 0.1) is 13.8 Å². The van der Waals surface area contributed by atoms with E-state index in [9.17, 15) is 14.4 Å². The Morgan fingerprint density at radius 3 is 2.26 bits per heavy atom. The number of carbonyl (C=O) groups is 3. The van der Waals surface area contributed by atoms with Crippen LogP contribution in [-0.4, -0.2) is 90.0 Å². The second-order valence-corrected chi connectivity index (χ2v) is 12.9.